The van der Waals surface area contributed by atoms with Gasteiger partial charge in [0.2, 0.25) is 0 Å². The van der Waals surface area contributed by atoms with Crippen LogP contribution in [-0.4, -0.2) is 11.3 Å². The van der Waals surface area contributed by atoms with Crippen LogP contribution >= 0.6 is 0 Å². The Morgan fingerprint density at radius 1 is 0.224 bits per heavy atom. The van der Waals surface area contributed by atoms with E-state index in [0.717, 1.165) is 22.6 Å². The molecule has 0 unspecified atom stereocenters. The molecule has 2 aliphatic rings. The molecule has 0 amide bonds. The van der Waals surface area contributed by atoms with E-state index < -0.39 is 0 Å². The molecule has 0 bridgehead atoms. The van der Waals surface area contributed by atoms with E-state index in [1.54, 1.807) is 0 Å². The number of hydrogen-bond acceptors (Lipinski definition) is 2. The molecular formula is C72H48BN3. The zero-order valence-electron chi connectivity index (χ0n) is 41.6. The summed E-state index contributed by atoms with van der Waals surface area (Å²) < 4.78 is 2.39. The van der Waals surface area contributed by atoms with Gasteiger partial charge in [-0.1, -0.05) is 212 Å². The van der Waals surface area contributed by atoms with Gasteiger partial charge in [0.05, 0.1) is 11.0 Å². The van der Waals surface area contributed by atoms with E-state index in [1.807, 2.05) is 0 Å². The molecule has 0 fully saturated rings. The van der Waals surface area contributed by atoms with Gasteiger partial charge in [0.15, 0.2) is 0 Å². The van der Waals surface area contributed by atoms with Gasteiger partial charge in [0.1, 0.15) is 0 Å². The summed E-state index contributed by atoms with van der Waals surface area (Å²) in [6.45, 7) is -0.0800. The summed E-state index contributed by atoms with van der Waals surface area (Å²) in [5.74, 6) is 0. The normalized spacial score (nSPS) is 12.4. The van der Waals surface area contributed by atoms with E-state index in [4.69, 9.17) is 0 Å². The maximum absolute atomic E-state index is 2.55. The zero-order valence-corrected chi connectivity index (χ0v) is 41.6. The smallest absolute Gasteiger partial charge is 0.252 e. The Bertz CT molecular complexity index is 4310. The molecule has 0 saturated heterocycles. The molecule has 76 heavy (non-hydrogen) atoms. The summed E-state index contributed by atoms with van der Waals surface area (Å²) in [5.41, 5.74) is 26.1. The SMILES string of the molecule is c1ccc(-c2ccc(N3c4ccc(-c5ccccc5)cc4B4c5ccc(-c6ccc7c(c6)c6ccccc6n7-c6ccccc6)cc5N(c5ccc(-c6ccccc6)cc5)c5cc(-c6ccccc6)cc3c54)cc2)cc1. The van der Waals surface area contributed by atoms with Gasteiger partial charge in [-0.25, -0.2) is 0 Å². The second-order valence-electron chi connectivity index (χ2n) is 20.1. The van der Waals surface area contributed by atoms with Gasteiger partial charge in [0, 0.05) is 50.6 Å². The second-order valence-corrected chi connectivity index (χ2v) is 20.1. The van der Waals surface area contributed by atoms with Crippen molar-refractivity contribution in [2.75, 3.05) is 9.80 Å². The van der Waals surface area contributed by atoms with E-state index in [-0.39, 0.29) is 6.71 Å². The molecule has 0 N–H and O–H groups in total. The number of hydrogen-bond donors (Lipinski definition) is 0. The Labute approximate surface area is 443 Å². The molecule has 354 valence electrons. The molecular weight excluding hydrogens is 918 g/mol. The standard InChI is InChI=1S/C72H48BN3/c1-6-18-49(19-7-1)53-30-37-60(38-31-53)75-68-43-36-56(51-22-10-3-11-23-51)45-65(68)73-64-41-34-57(55-35-42-67-63(44-55)62-28-16-17-29-66(62)74(67)59-26-14-5-15-27-59)46-69(64)76(61-39-32-54(33-40-61)50-20-8-2-9-21-50)71-48-58(47-70(75)72(71)73)52-24-12-4-13-25-52/h1-48H. The van der Waals surface area contributed by atoms with Crippen molar-refractivity contribution in [3.8, 4) is 61.3 Å². The van der Waals surface area contributed by atoms with Crippen molar-refractivity contribution >= 4 is 79.0 Å². The van der Waals surface area contributed by atoms with Crippen molar-refractivity contribution < 1.29 is 0 Å². The number of para-hydroxylation sites is 2. The molecule has 3 nitrogen and oxygen atoms in total. The molecule has 4 heteroatoms. The molecule has 12 aromatic carbocycles. The third-order valence-electron chi connectivity index (χ3n) is 15.8. The highest BCUT2D eigenvalue weighted by atomic mass is 15.2. The summed E-state index contributed by atoms with van der Waals surface area (Å²) in [6.07, 6.45) is 0. The molecule has 0 radical (unpaired) electrons. The molecule has 0 atom stereocenters. The van der Waals surface area contributed by atoms with Crippen LogP contribution in [0.4, 0.5) is 34.1 Å². The van der Waals surface area contributed by atoms with Crippen molar-refractivity contribution in [1.29, 1.82) is 0 Å². The first kappa shape index (κ1) is 43.7. The number of fused-ring (bicyclic) bond motifs is 7. The van der Waals surface area contributed by atoms with Crippen LogP contribution in [0.3, 0.4) is 0 Å². The third kappa shape index (κ3) is 7.21. The van der Waals surface area contributed by atoms with Crippen molar-refractivity contribution in [3.63, 3.8) is 0 Å². The Hall–Kier alpha value is -9.90. The number of nitrogens with zero attached hydrogens (tertiary/aromatic N) is 3. The molecule has 15 rings (SSSR count). The Morgan fingerprint density at radius 2 is 0.632 bits per heavy atom. The van der Waals surface area contributed by atoms with Crippen molar-refractivity contribution in [3.05, 3.63) is 291 Å². The summed E-state index contributed by atoms with van der Waals surface area (Å²) in [7, 11) is 0. The maximum atomic E-state index is 2.55. The number of rotatable bonds is 8. The molecule has 0 saturated carbocycles. The Balaban J connectivity index is 0.990. The number of benzene rings is 12. The lowest BCUT2D eigenvalue weighted by atomic mass is 9.33. The summed E-state index contributed by atoms with van der Waals surface area (Å²) in [6, 6.07) is 107. The van der Waals surface area contributed by atoms with Gasteiger partial charge in [-0.15, -0.1) is 0 Å². The van der Waals surface area contributed by atoms with E-state index in [9.17, 15) is 0 Å². The second kappa shape index (κ2) is 17.9. The minimum absolute atomic E-state index is 0.0800. The topological polar surface area (TPSA) is 11.4 Å². The van der Waals surface area contributed by atoms with Crippen LogP contribution in [0.2, 0.25) is 0 Å². The van der Waals surface area contributed by atoms with E-state index in [2.05, 4.69) is 306 Å². The van der Waals surface area contributed by atoms with Crippen molar-refractivity contribution in [2.24, 2.45) is 0 Å². The largest absolute Gasteiger partial charge is 0.311 e. The fourth-order valence-electron chi connectivity index (χ4n) is 12.2. The van der Waals surface area contributed by atoms with Gasteiger partial charge in [0.25, 0.3) is 6.71 Å². The molecule has 0 aliphatic carbocycles. The average Bonchev–Trinajstić information content (AvgIpc) is 3.86. The van der Waals surface area contributed by atoms with Gasteiger partial charge in [-0.2, -0.15) is 0 Å². The Morgan fingerprint density at radius 3 is 1.22 bits per heavy atom. The van der Waals surface area contributed by atoms with Crippen LogP contribution in [0.25, 0.3) is 83.1 Å². The van der Waals surface area contributed by atoms with Crippen LogP contribution in [0.15, 0.2) is 291 Å². The van der Waals surface area contributed by atoms with E-state index in [0.29, 0.717) is 0 Å². The summed E-state index contributed by atoms with van der Waals surface area (Å²) >= 11 is 0. The molecule has 13 aromatic rings. The predicted octanol–water partition coefficient (Wildman–Crippen LogP) is 17.2. The van der Waals surface area contributed by atoms with Crippen molar-refractivity contribution in [1.82, 2.24) is 4.57 Å². The van der Waals surface area contributed by atoms with E-state index in [1.165, 1.54) is 111 Å². The minimum Gasteiger partial charge on any atom is -0.311 e. The average molecular weight is 966 g/mol. The third-order valence-corrected chi connectivity index (χ3v) is 15.8. The van der Waals surface area contributed by atoms with Crippen LogP contribution in [0.1, 0.15) is 0 Å². The van der Waals surface area contributed by atoms with E-state index >= 15 is 0 Å². The van der Waals surface area contributed by atoms with Crippen LogP contribution < -0.4 is 26.2 Å². The lowest BCUT2D eigenvalue weighted by Gasteiger charge is -2.44. The van der Waals surface area contributed by atoms with Crippen molar-refractivity contribution in [2.45, 2.75) is 0 Å². The minimum atomic E-state index is -0.0800. The molecule has 2 aliphatic heterocycles. The lowest BCUT2D eigenvalue weighted by Crippen LogP contribution is -2.61. The van der Waals surface area contributed by atoms with Gasteiger partial charge in [-0.3, -0.25) is 0 Å². The van der Waals surface area contributed by atoms with Crippen LogP contribution in [0.5, 0.6) is 0 Å². The fraction of sp³-hybridized carbons (Fsp3) is 0. The summed E-state index contributed by atoms with van der Waals surface area (Å²) in [5, 5.41) is 2.47. The highest BCUT2D eigenvalue weighted by Crippen LogP contribution is 2.48. The molecule has 1 aromatic heterocycles. The van der Waals surface area contributed by atoms with Crippen LogP contribution in [-0.2, 0) is 0 Å². The highest BCUT2D eigenvalue weighted by molar-refractivity contribution is 7.00. The Kier molecular flexibility index (Phi) is 10.3. The first-order valence-corrected chi connectivity index (χ1v) is 26.3. The lowest BCUT2D eigenvalue weighted by molar-refractivity contribution is 1.18. The highest BCUT2D eigenvalue weighted by Gasteiger charge is 2.44. The summed E-state index contributed by atoms with van der Waals surface area (Å²) in [4.78, 5) is 5.08. The molecule has 3 heterocycles. The number of anilines is 6. The van der Waals surface area contributed by atoms with Crippen LogP contribution in [0, 0.1) is 0 Å². The monoisotopic (exact) mass is 965 g/mol. The quantitative estimate of drug-likeness (QED) is 0.141. The number of aromatic nitrogens is 1. The molecule has 0 spiro atoms. The van der Waals surface area contributed by atoms with Gasteiger partial charge < -0.3 is 14.4 Å². The maximum Gasteiger partial charge on any atom is 0.252 e. The first-order valence-electron chi connectivity index (χ1n) is 26.3. The van der Waals surface area contributed by atoms with Gasteiger partial charge >= 0.3 is 0 Å². The zero-order chi connectivity index (χ0) is 50.1. The van der Waals surface area contributed by atoms with Gasteiger partial charge in [-0.05, 0) is 151 Å². The predicted molar refractivity (Wildman–Crippen MR) is 322 cm³/mol. The first-order chi connectivity index (χ1) is 37.7. The fourth-order valence-corrected chi connectivity index (χ4v) is 12.2.